The molecule has 1 heterocycles. The average Bonchev–Trinajstić information content (AvgIpc) is 2.87. The van der Waals surface area contributed by atoms with Crippen LogP contribution in [0.25, 0.3) is 0 Å². The highest BCUT2D eigenvalue weighted by molar-refractivity contribution is 5.28. The molecule has 0 fully saturated rings. The lowest BCUT2D eigenvalue weighted by Gasteiger charge is -2.30. The van der Waals surface area contributed by atoms with Crippen molar-refractivity contribution >= 4 is 0 Å². The normalized spacial score (nSPS) is 15.0. The van der Waals surface area contributed by atoms with Crippen molar-refractivity contribution in [2.24, 2.45) is 11.3 Å². The molecule has 0 unspecified atom stereocenters. The summed E-state index contributed by atoms with van der Waals surface area (Å²) in [6.07, 6.45) is 6.44. The van der Waals surface area contributed by atoms with Crippen molar-refractivity contribution in [1.82, 2.24) is 15.6 Å². The minimum atomic E-state index is 0.0495. The van der Waals surface area contributed by atoms with Crippen LogP contribution in [-0.2, 0) is 6.42 Å². The van der Waals surface area contributed by atoms with Gasteiger partial charge in [-0.3, -0.25) is 0 Å². The summed E-state index contributed by atoms with van der Waals surface area (Å²) in [4.78, 5) is 4.47. The molecule has 0 saturated heterocycles. The largest absolute Gasteiger partial charge is 0.492 e. The molecule has 3 atom stereocenters. The minimum absolute atomic E-state index is 0.0495. The van der Waals surface area contributed by atoms with Crippen molar-refractivity contribution in [1.29, 1.82) is 0 Å². The lowest BCUT2D eigenvalue weighted by molar-refractivity contribution is 0.195. The maximum Gasteiger partial charge on any atom is 0.213 e. The van der Waals surface area contributed by atoms with Gasteiger partial charge in [0.2, 0.25) is 5.88 Å². The molecule has 0 amide bonds. The molecule has 0 aliphatic heterocycles. The molecule has 2 rings (SSSR count). The van der Waals surface area contributed by atoms with Crippen LogP contribution in [0.1, 0.15) is 112 Å². The van der Waals surface area contributed by atoms with Crippen LogP contribution in [0.3, 0.4) is 0 Å². The highest BCUT2D eigenvalue weighted by atomic mass is 16.5. The van der Waals surface area contributed by atoms with E-state index in [1.165, 1.54) is 17.5 Å². The third-order valence-electron chi connectivity index (χ3n) is 7.64. The van der Waals surface area contributed by atoms with E-state index < -0.39 is 0 Å². The number of hydrogen-bond acceptors (Lipinski definition) is 5. The molecule has 0 aliphatic carbocycles. The standard InChI is InChI=1S/C35H59N3O2/c1-26(28(3)30-17-20-36-32(24-30)40-27(2)25-38-34(7,8)9)15-19-35(10,11)37-21-22-39-31-14-12-13-29(23-31)16-18-33(4,5)6/h12-14,17,20,23-24,26-28,37-38H,15-16,18-19,21-22,25H2,1-11H3/t26-,27+,28+/m1/s1. The fourth-order valence-electron chi connectivity index (χ4n) is 4.59. The van der Waals surface area contributed by atoms with Crippen LogP contribution in [0.2, 0.25) is 0 Å². The topological polar surface area (TPSA) is 55.4 Å². The van der Waals surface area contributed by atoms with Crippen LogP contribution in [0.5, 0.6) is 11.6 Å². The molecular weight excluding hydrogens is 494 g/mol. The molecule has 0 aliphatic rings. The van der Waals surface area contributed by atoms with E-state index in [2.05, 4.69) is 128 Å². The van der Waals surface area contributed by atoms with Gasteiger partial charge in [0.25, 0.3) is 0 Å². The van der Waals surface area contributed by atoms with Crippen LogP contribution >= 0.6 is 0 Å². The summed E-state index contributed by atoms with van der Waals surface area (Å²) in [7, 11) is 0. The van der Waals surface area contributed by atoms with Gasteiger partial charge in [-0.1, -0.05) is 46.8 Å². The average molecular weight is 554 g/mol. The monoisotopic (exact) mass is 553 g/mol. The van der Waals surface area contributed by atoms with Crippen molar-refractivity contribution in [3.8, 4) is 11.6 Å². The molecule has 5 nitrogen and oxygen atoms in total. The molecule has 1 aromatic carbocycles. The Morgan fingerprint density at radius 3 is 2.27 bits per heavy atom. The summed E-state index contributed by atoms with van der Waals surface area (Å²) in [5.74, 6) is 2.65. The van der Waals surface area contributed by atoms with Gasteiger partial charge in [0.05, 0.1) is 0 Å². The van der Waals surface area contributed by atoms with Crippen LogP contribution in [0.15, 0.2) is 42.6 Å². The maximum absolute atomic E-state index is 6.12. The second-order valence-corrected chi connectivity index (χ2v) is 14.7. The van der Waals surface area contributed by atoms with Gasteiger partial charge in [0.15, 0.2) is 0 Å². The number of rotatable bonds is 16. The predicted molar refractivity (Wildman–Crippen MR) is 171 cm³/mol. The molecule has 0 bridgehead atoms. The van der Waals surface area contributed by atoms with Crippen LogP contribution < -0.4 is 20.1 Å². The molecule has 40 heavy (non-hydrogen) atoms. The van der Waals surface area contributed by atoms with Crippen molar-refractivity contribution in [3.05, 3.63) is 53.7 Å². The van der Waals surface area contributed by atoms with Crippen molar-refractivity contribution in [3.63, 3.8) is 0 Å². The summed E-state index contributed by atoms with van der Waals surface area (Å²) in [5.41, 5.74) is 3.11. The Labute approximate surface area is 246 Å². The summed E-state index contributed by atoms with van der Waals surface area (Å²) in [6, 6.07) is 12.8. The van der Waals surface area contributed by atoms with Gasteiger partial charge in [0.1, 0.15) is 18.5 Å². The number of hydrogen-bond donors (Lipinski definition) is 2. The molecule has 0 radical (unpaired) electrons. The molecule has 0 saturated carbocycles. The number of nitrogens with zero attached hydrogens (tertiary/aromatic N) is 1. The number of pyridine rings is 1. The molecule has 0 spiro atoms. The summed E-state index contributed by atoms with van der Waals surface area (Å²) < 4.78 is 12.2. The van der Waals surface area contributed by atoms with E-state index in [9.17, 15) is 0 Å². The van der Waals surface area contributed by atoms with Gasteiger partial charge in [-0.25, -0.2) is 4.98 Å². The van der Waals surface area contributed by atoms with E-state index in [0.717, 1.165) is 38.1 Å². The lowest BCUT2D eigenvalue weighted by Crippen LogP contribution is -2.41. The van der Waals surface area contributed by atoms with Gasteiger partial charge < -0.3 is 20.1 Å². The summed E-state index contributed by atoms with van der Waals surface area (Å²) in [6.45, 7) is 27.0. The van der Waals surface area contributed by atoms with Crippen LogP contribution in [-0.4, -0.2) is 41.9 Å². The number of aryl methyl sites for hydroxylation is 1. The summed E-state index contributed by atoms with van der Waals surface area (Å²) in [5, 5.41) is 7.21. The zero-order valence-corrected chi connectivity index (χ0v) is 27.5. The third kappa shape index (κ3) is 14.0. The smallest absolute Gasteiger partial charge is 0.213 e. The Kier molecular flexibility index (Phi) is 13.0. The van der Waals surface area contributed by atoms with E-state index in [1.807, 2.05) is 6.20 Å². The second kappa shape index (κ2) is 15.2. The number of ether oxygens (including phenoxy) is 2. The predicted octanol–water partition coefficient (Wildman–Crippen LogP) is 8.18. The van der Waals surface area contributed by atoms with Crippen molar-refractivity contribution in [2.45, 2.75) is 125 Å². The highest BCUT2D eigenvalue weighted by Crippen LogP contribution is 2.31. The first-order valence-electron chi connectivity index (χ1n) is 15.4. The number of benzene rings is 1. The van der Waals surface area contributed by atoms with Gasteiger partial charge in [-0.2, -0.15) is 0 Å². The van der Waals surface area contributed by atoms with Crippen LogP contribution in [0, 0.1) is 11.3 Å². The first kappa shape index (κ1) is 34.1. The third-order valence-corrected chi connectivity index (χ3v) is 7.64. The molecular formula is C35H59N3O2. The zero-order chi connectivity index (χ0) is 30.0. The van der Waals surface area contributed by atoms with Crippen molar-refractivity contribution in [2.75, 3.05) is 19.7 Å². The molecule has 2 aromatic rings. The van der Waals surface area contributed by atoms with Crippen LogP contribution in [0.4, 0.5) is 0 Å². The Balaban J connectivity index is 1.77. The minimum Gasteiger partial charge on any atom is -0.492 e. The second-order valence-electron chi connectivity index (χ2n) is 14.7. The Hall–Kier alpha value is -2.11. The zero-order valence-electron chi connectivity index (χ0n) is 27.5. The highest BCUT2D eigenvalue weighted by Gasteiger charge is 2.22. The first-order valence-corrected chi connectivity index (χ1v) is 15.4. The first-order chi connectivity index (χ1) is 18.5. The van der Waals surface area contributed by atoms with Gasteiger partial charge in [-0.15, -0.1) is 0 Å². The van der Waals surface area contributed by atoms with E-state index >= 15 is 0 Å². The molecule has 226 valence electrons. The number of aromatic nitrogens is 1. The molecule has 1 aromatic heterocycles. The van der Waals surface area contributed by atoms with E-state index in [4.69, 9.17) is 9.47 Å². The molecule has 2 N–H and O–H groups in total. The SMILES string of the molecule is C[C@H](CCC(C)(C)NCCOc1cccc(CCC(C)(C)C)c1)[C@H](C)c1ccnc(O[C@@H](C)CNC(C)(C)C)c1. The number of nitrogens with one attached hydrogen (secondary N) is 2. The quantitative estimate of drug-likeness (QED) is 0.205. The Morgan fingerprint density at radius 2 is 1.60 bits per heavy atom. The van der Waals surface area contributed by atoms with Gasteiger partial charge in [0, 0.05) is 36.4 Å². The van der Waals surface area contributed by atoms with Crippen molar-refractivity contribution < 1.29 is 9.47 Å². The fourth-order valence-corrected chi connectivity index (χ4v) is 4.59. The van der Waals surface area contributed by atoms with E-state index in [-0.39, 0.29) is 17.2 Å². The van der Waals surface area contributed by atoms with E-state index in [0.29, 0.717) is 29.7 Å². The summed E-state index contributed by atoms with van der Waals surface area (Å²) >= 11 is 0. The Bertz CT molecular complexity index is 1010. The lowest BCUT2D eigenvalue weighted by atomic mass is 9.83. The van der Waals surface area contributed by atoms with E-state index in [1.54, 1.807) is 0 Å². The van der Waals surface area contributed by atoms with Gasteiger partial charge >= 0.3 is 0 Å². The maximum atomic E-state index is 6.12. The Morgan fingerprint density at radius 1 is 0.875 bits per heavy atom. The molecule has 5 heteroatoms. The fraction of sp³-hybridized carbons (Fsp3) is 0.686. The van der Waals surface area contributed by atoms with Gasteiger partial charge in [-0.05, 0) is 114 Å².